The van der Waals surface area contributed by atoms with Gasteiger partial charge in [-0.1, -0.05) is 133 Å². The Hall–Kier alpha value is -6.65. The van der Waals surface area contributed by atoms with E-state index >= 15 is 0 Å². The number of benzene rings is 7. The van der Waals surface area contributed by atoms with Crippen LogP contribution in [0.5, 0.6) is 0 Å². The van der Waals surface area contributed by atoms with Crippen molar-refractivity contribution >= 4 is 21.9 Å². The predicted octanol–water partition coefficient (Wildman–Crippen LogP) is 12.3. The Labute approximate surface area is 302 Å². The summed E-state index contributed by atoms with van der Waals surface area (Å²) in [6.45, 7) is 4.49. The van der Waals surface area contributed by atoms with Crippen molar-refractivity contribution in [1.29, 1.82) is 0 Å². The lowest BCUT2D eigenvalue weighted by Gasteiger charge is -2.22. The Morgan fingerprint density at radius 3 is 1.90 bits per heavy atom. The lowest BCUT2D eigenvalue weighted by atomic mass is 9.82. The van der Waals surface area contributed by atoms with Crippen molar-refractivity contribution in [2.45, 2.75) is 20.3 Å². The summed E-state index contributed by atoms with van der Waals surface area (Å²) in [5.74, 6) is 0. The summed E-state index contributed by atoms with van der Waals surface area (Å²) in [6, 6.07) is 53.4. The third-order valence-electron chi connectivity index (χ3n) is 10.8. The van der Waals surface area contributed by atoms with Crippen molar-refractivity contribution in [2.75, 3.05) is 0 Å². The van der Waals surface area contributed by atoms with Crippen LogP contribution in [0.2, 0.25) is 0 Å². The van der Waals surface area contributed by atoms with Gasteiger partial charge < -0.3 is 4.42 Å². The highest BCUT2D eigenvalue weighted by atomic mass is 16.3. The van der Waals surface area contributed by atoms with Gasteiger partial charge in [-0.15, -0.1) is 10.2 Å². The normalized spacial score (nSPS) is 12.0. The van der Waals surface area contributed by atoms with Crippen LogP contribution in [0.15, 0.2) is 156 Å². The van der Waals surface area contributed by atoms with E-state index in [1.54, 1.807) is 0 Å². The molecule has 0 saturated carbocycles. The molecule has 2 aromatic heterocycles. The van der Waals surface area contributed by atoms with Crippen LogP contribution in [0.4, 0.5) is 0 Å². The lowest BCUT2D eigenvalue weighted by Crippen LogP contribution is -2.03. The Kier molecular flexibility index (Phi) is 6.97. The maximum absolute atomic E-state index is 6.51. The van der Waals surface area contributed by atoms with E-state index in [4.69, 9.17) is 14.6 Å². The predicted molar refractivity (Wildman–Crippen MR) is 212 cm³/mol. The zero-order valence-electron chi connectivity index (χ0n) is 28.9. The second kappa shape index (κ2) is 12.0. The number of nitrogens with zero attached hydrogens (tertiary/aromatic N) is 3. The molecule has 52 heavy (non-hydrogen) atoms. The summed E-state index contributed by atoms with van der Waals surface area (Å²) in [4.78, 5) is 0. The van der Waals surface area contributed by atoms with Gasteiger partial charge in [-0.25, -0.2) is 0 Å². The molecule has 246 valence electrons. The summed E-state index contributed by atoms with van der Waals surface area (Å²) in [6.07, 6.45) is 0.889. The maximum atomic E-state index is 6.51. The number of hydrogen-bond acceptors (Lipinski definition) is 4. The fourth-order valence-corrected chi connectivity index (χ4v) is 8.28. The molecule has 4 nitrogen and oxygen atoms in total. The number of aryl methyl sites for hydroxylation is 1. The quantitative estimate of drug-likeness (QED) is 0.183. The van der Waals surface area contributed by atoms with E-state index in [0.717, 1.165) is 78.7 Å². The Morgan fingerprint density at radius 2 is 1.12 bits per heavy atom. The number of furan rings is 1. The van der Waals surface area contributed by atoms with Crippen molar-refractivity contribution in [2.24, 2.45) is 0 Å². The van der Waals surface area contributed by atoms with E-state index in [1.807, 2.05) is 18.2 Å². The van der Waals surface area contributed by atoms with Crippen molar-refractivity contribution in [3.8, 4) is 67.0 Å². The largest absolute Gasteiger partial charge is 0.456 e. The number of aromatic nitrogens is 3. The Bertz CT molecular complexity index is 2840. The summed E-state index contributed by atoms with van der Waals surface area (Å²) in [5, 5.41) is 16.4. The molecule has 1 aliphatic carbocycles. The molecule has 1 aliphatic rings. The first-order chi connectivity index (χ1) is 25.7. The molecule has 0 aliphatic heterocycles. The first-order valence-corrected chi connectivity index (χ1v) is 17.8. The molecular weight excluding hydrogens is 635 g/mol. The minimum absolute atomic E-state index is 0.766. The van der Waals surface area contributed by atoms with E-state index in [-0.39, 0.29) is 0 Å². The molecule has 9 aromatic rings. The smallest absolute Gasteiger partial charge is 0.136 e. The van der Waals surface area contributed by atoms with Crippen LogP contribution in [0.1, 0.15) is 22.3 Å². The average Bonchev–Trinajstić information content (AvgIpc) is 3.77. The molecule has 0 spiro atoms. The van der Waals surface area contributed by atoms with Crippen molar-refractivity contribution in [1.82, 2.24) is 15.4 Å². The molecule has 0 unspecified atom stereocenters. The summed E-state index contributed by atoms with van der Waals surface area (Å²) < 4.78 is 6.51. The molecule has 7 aromatic carbocycles. The van der Waals surface area contributed by atoms with Gasteiger partial charge in [0.1, 0.15) is 22.6 Å². The Morgan fingerprint density at radius 1 is 0.481 bits per heavy atom. The zero-order valence-corrected chi connectivity index (χ0v) is 28.9. The number of fused-ring (bicyclic) bond motifs is 6. The minimum atomic E-state index is 0.766. The van der Waals surface area contributed by atoms with E-state index in [0.29, 0.717) is 0 Å². The van der Waals surface area contributed by atoms with Crippen LogP contribution in [-0.4, -0.2) is 15.4 Å². The van der Waals surface area contributed by atoms with Gasteiger partial charge in [0.2, 0.25) is 0 Å². The summed E-state index contributed by atoms with van der Waals surface area (Å²) in [5.41, 5.74) is 19.7. The van der Waals surface area contributed by atoms with Gasteiger partial charge in [-0.2, -0.15) is 0 Å². The first-order valence-electron chi connectivity index (χ1n) is 17.8. The van der Waals surface area contributed by atoms with E-state index in [2.05, 4.69) is 153 Å². The topological polar surface area (TPSA) is 51.8 Å². The first kappa shape index (κ1) is 30.2. The van der Waals surface area contributed by atoms with Crippen LogP contribution < -0.4 is 0 Å². The van der Waals surface area contributed by atoms with Crippen molar-refractivity contribution in [3.63, 3.8) is 0 Å². The highest BCUT2D eigenvalue weighted by Gasteiger charge is 2.29. The van der Waals surface area contributed by atoms with Crippen molar-refractivity contribution < 1.29 is 4.42 Å². The van der Waals surface area contributed by atoms with E-state index in [1.165, 1.54) is 38.9 Å². The second-order valence-electron chi connectivity index (χ2n) is 13.7. The fourth-order valence-electron chi connectivity index (χ4n) is 8.28. The number of rotatable bonds is 5. The van der Waals surface area contributed by atoms with Crippen LogP contribution in [0.25, 0.3) is 89.0 Å². The molecule has 10 rings (SSSR count). The van der Waals surface area contributed by atoms with Gasteiger partial charge in [0, 0.05) is 27.5 Å². The van der Waals surface area contributed by atoms with E-state index in [9.17, 15) is 0 Å². The molecular formula is C48H33N3O. The van der Waals surface area contributed by atoms with E-state index < -0.39 is 0 Å². The van der Waals surface area contributed by atoms with Crippen LogP contribution in [0.3, 0.4) is 0 Å². The molecule has 0 saturated heterocycles. The van der Waals surface area contributed by atoms with Crippen LogP contribution >= 0.6 is 0 Å². The van der Waals surface area contributed by atoms with Gasteiger partial charge in [0.05, 0.1) is 0 Å². The monoisotopic (exact) mass is 667 g/mol. The summed E-state index contributed by atoms with van der Waals surface area (Å²) >= 11 is 0. The van der Waals surface area contributed by atoms with Gasteiger partial charge >= 0.3 is 0 Å². The molecule has 0 N–H and O–H groups in total. The molecule has 0 amide bonds. The maximum Gasteiger partial charge on any atom is 0.136 e. The van der Waals surface area contributed by atoms with Crippen LogP contribution in [-0.2, 0) is 6.42 Å². The molecule has 0 radical (unpaired) electrons. The van der Waals surface area contributed by atoms with Gasteiger partial charge in [-0.3, -0.25) is 0 Å². The average molecular weight is 668 g/mol. The zero-order chi connectivity index (χ0) is 34.8. The van der Waals surface area contributed by atoms with Crippen molar-refractivity contribution in [3.05, 3.63) is 174 Å². The van der Waals surface area contributed by atoms with Gasteiger partial charge in [0.25, 0.3) is 0 Å². The SMILES string of the molecule is Cc1cc2c(c(-c3ccccc3-c3c(-c4ccccc4)nnnc3-c3c(-c4ccccc4)ccc4oc5ccccc5c34)c1C)Cc1ccccc1-2. The highest BCUT2D eigenvalue weighted by molar-refractivity contribution is 6.17. The van der Waals surface area contributed by atoms with Crippen LogP contribution in [0, 0.1) is 13.8 Å². The standard InChI is InChI=1S/C48H33N3O/c1-29-27-39-34-20-10-9-19-33(34)28-40(39)43(30(29)2)36-21-11-12-22-37(36)46-47(32-17-7-4-8-18-32)49-51-50-48(46)45-35(31-15-5-3-6-16-31)25-26-42-44(45)38-23-13-14-24-41(38)52-42/h3-27H,28H2,1-2H3. The van der Waals surface area contributed by atoms with Gasteiger partial charge in [0.15, 0.2) is 0 Å². The van der Waals surface area contributed by atoms with Gasteiger partial charge in [-0.05, 0) is 105 Å². The third-order valence-corrected chi connectivity index (χ3v) is 10.8. The summed E-state index contributed by atoms with van der Waals surface area (Å²) in [7, 11) is 0. The fraction of sp³-hybridized carbons (Fsp3) is 0.0625. The molecule has 0 bridgehead atoms. The number of para-hydroxylation sites is 1. The molecule has 0 atom stereocenters. The second-order valence-corrected chi connectivity index (χ2v) is 13.7. The molecule has 4 heteroatoms. The highest BCUT2D eigenvalue weighted by Crippen LogP contribution is 2.51. The lowest BCUT2D eigenvalue weighted by molar-refractivity contribution is 0.669. The number of hydrogen-bond donors (Lipinski definition) is 0. The minimum Gasteiger partial charge on any atom is -0.456 e. The third kappa shape index (κ3) is 4.65. The Balaban J connectivity index is 1.35. The molecule has 0 fully saturated rings. The molecule has 2 heterocycles.